The maximum Gasteiger partial charge on any atom is 0.241 e. The molecule has 3 aliphatic rings. The van der Waals surface area contributed by atoms with Crippen molar-refractivity contribution in [2.75, 3.05) is 0 Å². The molecule has 0 aromatic heterocycles. The molecule has 19 heavy (non-hydrogen) atoms. The summed E-state index contributed by atoms with van der Waals surface area (Å²) in [5, 5.41) is 3.69. The van der Waals surface area contributed by atoms with Crippen LogP contribution in [0.1, 0.15) is 71.1 Å². The van der Waals surface area contributed by atoms with Crippen molar-refractivity contribution >= 4 is 5.91 Å². The Labute approximate surface area is 117 Å². The molecule has 0 aromatic rings. The molecule has 3 nitrogen and oxygen atoms in total. The van der Waals surface area contributed by atoms with Crippen molar-refractivity contribution in [2.45, 2.75) is 89.4 Å². The summed E-state index contributed by atoms with van der Waals surface area (Å²) in [6.45, 7) is 2.18. The van der Waals surface area contributed by atoms with E-state index in [4.69, 9.17) is 0 Å². The molecule has 0 aromatic carbocycles. The van der Waals surface area contributed by atoms with Gasteiger partial charge in [0.25, 0.3) is 0 Å². The van der Waals surface area contributed by atoms with Gasteiger partial charge in [0.2, 0.25) is 5.91 Å². The number of nitrogens with one attached hydrogen (secondary N) is 1. The lowest BCUT2D eigenvalue weighted by atomic mass is 10.0. The van der Waals surface area contributed by atoms with Gasteiger partial charge in [0.05, 0.1) is 12.2 Å². The molecule has 0 radical (unpaired) electrons. The maximum atomic E-state index is 12.7. The molecule has 1 saturated heterocycles. The van der Waals surface area contributed by atoms with Crippen LogP contribution in [0.3, 0.4) is 0 Å². The molecule has 2 atom stereocenters. The van der Waals surface area contributed by atoms with Crippen molar-refractivity contribution in [3.05, 3.63) is 0 Å². The van der Waals surface area contributed by atoms with Crippen molar-refractivity contribution in [2.24, 2.45) is 5.92 Å². The summed E-state index contributed by atoms with van der Waals surface area (Å²) in [5.41, 5.74) is 0. The summed E-state index contributed by atoms with van der Waals surface area (Å²) in [7, 11) is 0. The summed E-state index contributed by atoms with van der Waals surface area (Å²) in [4.78, 5) is 15.0. The standard InChI is InChI=1S/C16H28N2O/c1-2-7-14-16(19)18(13-10-5-6-11-13)15(17-14)12-8-3-4-9-12/h12-15,17H,2-11H2,1H3. The summed E-state index contributed by atoms with van der Waals surface area (Å²) >= 11 is 0. The summed E-state index contributed by atoms with van der Waals surface area (Å²) < 4.78 is 0. The molecule has 2 unspecified atom stereocenters. The highest BCUT2D eigenvalue weighted by molar-refractivity contribution is 5.84. The first-order valence-electron chi connectivity index (χ1n) is 8.39. The fourth-order valence-corrected chi connectivity index (χ4v) is 4.40. The predicted molar refractivity (Wildman–Crippen MR) is 76.7 cm³/mol. The first kappa shape index (κ1) is 13.4. The zero-order valence-corrected chi connectivity index (χ0v) is 12.2. The average Bonchev–Trinajstić information content (AvgIpc) is 3.11. The third kappa shape index (κ3) is 2.54. The molecule has 1 N–H and O–H groups in total. The topological polar surface area (TPSA) is 32.3 Å². The number of carbonyl (C=O) groups excluding carboxylic acids is 1. The maximum absolute atomic E-state index is 12.7. The highest BCUT2D eigenvalue weighted by Crippen LogP contribution is 2.36. The van der Waals surface area contributed by atoms with E-state index in [1.807, 2.05) is 0 Å². The van der Waals surface area contributed by atoms with Crippen molar-refractivity contribution < 1.29 is 4.79 Å². The minimum atomic E-state index is 0.108. The van der Waals surface area contributed by atoms with E-state index in [0.29, 0.717) is 24.0 Å². The van der Waals surface area contributed by atoms with Crippen LogP contribution in [-0.4, -0.2) is 29.1 Å². The number of rotatable bonds is 4. The van der Waals surface area contributed by atoms with Gasteiger partial charge in [-0.15, -0.1) is 0 Å². The highest BCUT2D eigenvalue weighted by Gasteiger charge is 2.45. The van der Waals surface area contributed by atoms with E-state index in [9.17, 15) is 4.79 Å². The Morgan fingerprint density at radius 1 is 1.11 bits per heavy atom. The van der Waals surface area contributed by atoms with Crippen LogP contribution in [0.25, 0.3) is 0 Å². The molecule has 3 rings (SSSR count). The lowest BCUT2D eigenvalue weighted by Crippen LogP contribution is -2.47. The van der Waals surface area contributed by atoms with E-state index in [1.54, 1.807) is 0 Å². The fourth-order valence-electron chi connectivity index (χ4n) is 4.40. The monoisotopic (exact) mass is 264 g/mol. The molecule has 3 fully saturated rings. The molecule has 3 heteroatoms. The Morgan fingerprint density at radius 2 is 1.74 bits per heavy atom. The van der Waals surface area contributed by atoms with Gasteiger partial charge >= 0.3 is 0 Å². The summed E-state index contributed by atoms with van der Waals surface area (Å²) in [6, 6.07) is 0.642. The molecule has 1 amide bonds. The molecular formula is C16H28N2O. The molecule has 108 valence electrons. The second kappa shape index (κ2) is 5.82. The lowest BCUT2D eigenvalue weighted by molar-refractivity contribution is -0.133. The van der Waals surface area contributed by atoms with Gasteiger partial charge in [-0.3, -0.25) is 10.1 Å². The Hall–Kier alpha value is -0.570. The molecule has 1 heterocycles. The smallest absolute Gasteiger partial charge is 0.241 e. The average molecular weight is 264 g/mol. The van der Waals surface area contributed by atoms with E-state index in [1.165, 1.54) is 51.4 Å². The second-order valence-electron chi connectivity index (χ2n) is 6.68. The highest BCUT2D eigenvalue weighted by atomic mass is 16.2. The molecular weight excluding hydrogens is 236 g/mol. The Balaban J connectivity index is 1.76. The Bertz CT molecular complexity index is 319. The summed E-state index contributed by atoms with van der Waals surface area (Å²) in [5.74, 6) is 1.12. The third-order valence-electron chi connectivity index (χ3n) is 5.37. The van der Waals surface area contributed by atoms with E-state index < -0.39 is 0 Å². The van der Waals surface area contributed by atoms with Crippen LogP contribution < -0.4 is 5.32 Å². The van der Waals surface area contributed by atoms with E-state index in [2.05, 4.69) is 17.1 Å². The van der Waals surface area contributed by atoms with Crippen LogP contribution in [0.15, 0.2) is 0 Å². The molecule has 0 bridgehead atoms. The van der Waals surface area contributed by atoms with Crippen LogP contribution in [0.5, 0.6) is 0 Å². The quantitative estimate of drug-likeness (QED) is 0.846. The van der Waals surface area contributed by atoms with Crippen LogP contribution in [0, 0.1) is 5.92 Å². The number of hydrogen-bond acceptors (Lipinski definition) is 2. The lowest BCUT2D eigenvalue weighted by Gasteiger charge is -2.33. The van der Waals surface area contributed by atoms with E-state index >= 15 is 0 Å². The third-order valence-corrected chi connectivity index (χ3v) is 5.37. The Morgan fingerprint density at radius 3 is 2.37 bits per heavy atom. The van der Waals surface area contributed by atoms with Gasteiger partial charge in [0.15, 0.2) is 0 Å². The van der Waals surface area contributed by atoms with Crippen LogP contribution in [0.4, 0.5) is 0 Å². The molecule has 2 saturated carbocycles. The van der Waals surface area contributed by atoms with Gasteiger partial charge in [-0.2, -0.15) is 0 Å². The number of nitrogens with zero attached hydrogens (tertiary/aromatic N) is 1. The van der Waals surface area contributed by atoms with Crippen LogP contribution in [0.2, 0.25) is 0 Å². The summed E-state index contributed by atoms with van der Waals surface area (Å²) in [6.07, 6.45) is 12.9. The van der Waals surface area contributed by atoms with E-state index in [-0.39, 0.29) is 6.04 Å². The first-order valence-corrected chi connectivity index (χ1v) is 8.39. The van der Waals surface area contributed by atoms with Gasteiger partial charge in [0.1, 0.15) is 0 Å². The number of carbonyl (C=O) groups is 1. The van der Waals surface area contributed by atoms with Crippen LogP contribution >= 0.6 is 0 Å². The fraction of sp³-hybridized carbons (Fsp3) is 0.938. The van der Waals surface area contributed by atoms with Gasteiger partial charge in [-0.1, -0.05) is 39.0 Å². The number of hydrogen-bond donors (Lipinski definition) is 1. The zero-order valence-electron chi connectivity index (χ0n) is 12.2. The van der Waals surface area contributed by atoms with Crippen molar-refractivity contribution in [3.63, 3.8) is 0 Å². The van der Waals surface area contributed by atoms with Gasteiger partial charge in [0, 0.05) is 6.04 Å². The SMILES string of the molecule is CCCC1NC(C2CCCC2)N(C2CCCC2)C1=O. The van der Waals surface area contributed by atoms with Crippen molar-refractivity contribution in [3.8, 4) is 0 Å². The Kier molecular flexibility index (Phi) is 4.11. The predicted octanol–water partition coefficient (Wildman–Crippen LogP) is 3.05. The van der Waals surface area contributed by atoms with Crippen molar-refractivity contribution in [1.29, 1.82) is 0 Å². The minimum Gasteiger partial charge on any atom is -0.323 e. The van der Waals surface area contributed by atoms with Gasteiger partial charge in [-0.05, 0) is 38.0 Å². The zero-order chi connectivity index (χ0) is 13.2. The molecule has 0 spiro atoms. The molecule has 2 aliphatic carbocycles. The minimum absolute atomic E-state index is 0.108. The number of amides is 1. The normalized spacial score (nSPS) is 33.7. The van der Waals surface area contributed by atoms with Gasteiger partial charge in [-0.25, -0.2) is 0 Å². The van der Waals surface area contributed by atoms with Crippen molar-refractivity contribution in [1.82, 2.24) is 10.2 Å². The molecule has 1 aliphatic heterocycles. The van der Waals surface area contributed by atoms with E-state index in [0.717, 1.165) is 12.8 Å². The second-order valence-corrected chi connectivity index (χ2v) is 6.68. The first-order chi connectivity index (χ1) is 9.31. The largest absolute Gasteiger partial charge is 0.323 e. The van der Waals surface area contributed by atoms with Gasteiger partial charge < -0.3 is 4.90 Å². The van der Waals surface area contributed by atoms with Crippen LogP contribution in [-0.2, 0) is 4.79 Å².